The molecule has 5 heteroatoms. The van der Waals surface area contributed by atoms with Crippen LogP contribution in [0.15, 0.2) is 6.07 Å². The first kappa shape index (κ1) is 14.8. The van der Waals surface area contributed by atoms with E-state index >= 15 is 0 Å². The van der Waals surface area contributed by atoms with Crippen molar-refractivity contribution in [1.82, 2.24) is 15.3 Å². The summed E-state index contributed by atoms with van der Waals surface area (Å²) in [6.45, 7) is 10.0. The Morgan fingerprint density at radius 2 is 1.85 bits per heavy atom. The lowest BCUT2D eigenvalue weighted by Gasteiger charge is -2.18. The third-order valence-corrected chi connectivity index (χ3v) is 3.37. The maximum absolute atomic E-state index is 12.2. The molecule has 0 saturated carbocycles. The molecule has 0 spiro atoms. The van der Waals surface area contributed by atoms with Crippen molar-refractivity contribution in [3.63, 3.8) is 0 Å². The van der Waals surface area contributed by atoms with Crippen molar-refractivity contribution in [2.75, 3.05) is 18.0 Å². The summed E-state index contributed by atoms with van der Waals surface area (Å²) in [5.41, 5.74) is 1.40. The van der Waals surface area contributed by atoms with Gasteiger partial charge in [0, 0.05) is 24.8 Å². The van der Waals surface area contributed by atoms with E-state index in [0.717, 1.165) is 18.8 Å². The third-order valence-electron chi connectivity index (χ3n) is 3.37. The zero-order valence-corrected chi connectivity index (χ0v) is 12.8. The Morgan fingerprint density at radius 3 is 2.40 bits per heavy atom. The summed E-state index contributed by atoms with van der Waals surface area (Å²) >= 11 is 0. The van der Waals surface area contributed by atoms with E-state index < -0.39 is 0 Å². The lowest BCUT2D eigenvalue weighted by atomic mass is 10.1. The van der Waals surface area contributed by atoms with Gasteiger partial charge >= 0.3 is 0 Å². The van der Waals surface area contributed by atoms with Crippen molar-refractivity contribution in [1.29, 1.82) is 0 Å². The fourth-order valence-electron chi connectivity index (χ4n) is 2.26. The standard InChI is InChI=1S/C15H24N4O/c1-10(2)12-9-13(14(20)16-11(3)4)18-15(17-12)19-7-5-6-8-19/h9-11H,5-8H2,1-4H3,(H,16,20). The largest absolute Gasteiger partial charge is 0.349 e. The van der Waals surface area contributed by atoms with Gasteiger partial charge in [0.1, 0.15) is 5.69 Å². The molecule has 1 aromatic heterocycles. The Bertz CT molecular complexity index is 479. The van der Waals surface area contributed by atoms with Crippen LogP contribution in [-0.4, -0.2) is 35.0 Å². The molecular formula is C15H24N4O. The number of anilines is 1. The molecule has 5 nitrogen and oxygen atoms in total. The highest BCUT2D eigenvalue weighted by molar-refractivity contribution is 5.92. The second-order valence-electron chi connectivity index (χ2n) is 5.96. The van der Waals surface area contributed by atoms with Gasteiger partial charge in [0.25, 0.3) is 5.91 Å². The number of hydrogen-bond acceptors (Lipinski definition) is 4. The zero-order valence-electron chi connectivity index (χ0n) is 12.8. The minimum absolute atomic E-state index is 0.107. The molecule has 1 fully saturated rings. The van der Waals surface area contributed by atoms with Crippen LogP contribution in [0, 0.1) is 0 Å². The second-order valence-corrected chi connectivity index (χ2v) is 5.96. The predicted octanol–water partition coefficient (Wildman–Crippen LogP) is 2.34. The van der Waals surface area contributed by atoms with Gasteiger partial charge in [0.05, 0.1) is 0 Å². The summed E-state index contributed by atoms with van der Waals surface area (Å²) in [7, 11) is 0. The van der Waals surface area contributed by atoms with Crippen LogP contribution in [0.4, 0.5) is 5.95 Å². The molecule has 1 aromatic rings. The summed E-state index contributed by atoms with van der Waals surface area (Å²) in [5, 5.41) is 2.90. The summed E-state index contributed by atoms with van der Waals surface area (Å²) in [5.74, 6) is 0.859. The average Bonchev–Trinajstić information content (AvgIpc) is 2.91. The molecule has 1 saturated heterocycles. The van der Waals surface area contributed by atoms with Gasteiger partial charge in [-0.3, -0.25) is 4.79 Å². The maximum Gasteiger partial charge on any atom is 0.270 e. The first-order chi connectivity index (χ1) is 9.47. The van der Waals surface area contributed by atoms with E-state index in [4.69, 9.17) is 0 Å². The van der Waals surface area contributed by atoms with Crippen molar-refractivity contribution in [2.45, 2.75) is 52.5 Å². The van der Waals surface area contributed by atoms with Crippen molar-refractivity contribution >= 4 is 11.9 Å². The Hall–Kier alpha value is -1.65. The molecule has 110 valence electrons. The number of hydrogen-bond donors (Lipinski definition) is 1. The van der Waals surface area contributed by atoms with Gasteiger partial charge in [-0.15, -0.1) is 0 Å². The van der Waals surface area contributed by atoms with E-state index in [1.165, 1.54) is 12.8 Å². The average molecular weight is 276 g/mol. The highest BCUT2D eigenvalue weighted by atomic mass is 16.1. The number of nitrogens with zero attached hydrogens (tertiary/aromatic N) is 3. The Balaban J connectivity index is 2.32. The zero-order chi connectivity index (χ0) is 14.7. The van der Waals surface area contributed by atoms with Crippen LogP contribution < -0.4 is 10.2 Å². The number of carbonyl (C=O) groups excluding carboxylic acids is 1. The summed E-state index contributed by atoms with van der Waals surface area (Å²) in [6, 6.07) is 1.91. The SMILES string of the molecule is CC(C)NC(=O)c1cc(C(C)C)nc(N2CCCC2)n1. The van der Waals surface area contributed by atoms with Crippen LogP contribution in [0.3, 0.4) is 0 Å². The summed E-state index contributed by atoms with van der Waals surface area (Å²) < 4.78 is 0. The van der Waals surface area contributed by atoms with Crippen LogP contribution in [-0.2, 0) is 0 Å². The molecule has 20 heavy (non-hydrogen) atoms. The van der Waals surface area contributed by atoms with E-state index in [-0.39, 0.29) is 17.9 Å². The van der Waals surface area contributed by atoms with Crippen LogP contribution >= 0.6 is 0 Å². The van der Waals surface area contributed by atoms with Crippen molar-refractivity contribution in [3.05, 3.63) is 17.5 Å². The summed E-state index contributed by atoms with van der Waals surface area (Å²) in [6.07, 6.45) is 2.34. The molecule has 0 atom stereocenters. The smallest absolute Gasteiger partial charge is 0.270 e. The minimum atomic E-state index is -0.121. The Morgan fingerprint density at radius 1 is 1.20 bits per heavy atom. The molecule has 0 radical (unpaired) electrons. The first-order valence-electron chi connectivity index (χ1n) is 7.42. The van der Waals surface area contributed by atoms with Gasteiger partial charge in [0.15, 0.2) is 0 Å². The van der Waals surface area contributed by atoms with Gasteiger partial charge in [-0.05, 0) is 38.7 Å². The highest BCUT2D eigenvalue weighted by Gasteiger charge is 2.19. The number of carbonyl (C=O) groups is 1. The lowest BCUT2D eigenvalue weighted by Crippen LogP contribution is -2.32. The molecule has 2 heterocycles. The predicted molar refractivity (Wildman–Crippen MR) is 80.2 cm³/mol. The topological polar surface area (TPSA) is 58.1 Å². The van der Waals surface area contributed by atoms with Gasteiger partial charge in [-0.1, -0.05) is 13.8 Å². The number of amides is 1. The van der Waals surface area contributed by atoms with Crippen molar-refractivity contribution < 1.29 is 4.79 Å². The third kappa shape index (κ3) is 3.46. The van der Waals surface area contributed by atoms with Gasteiger partial charge in [-0.2, -0.15) is 0 Å². The number of aromatic nitrogens is 2. The fourth-order valence-corrected chi connectivity index (χ4v) is 2.26. The van der Waals surface area contributed by atoms with E-state index in [2.05, 4.69) is 34.0 Å². The van der Waals surface area contributed by atoms with E-state index in [9.17, 15) is 4.79 Å². The van der Waals surface area contributed by atoms with Crippen LogP contribution in [0.2, 0.25) is 0 Å². The van der Waals surface area contributed by atoms with Crippen LogP contribution in [0.25, 0.3) is 0 Å². The van der Waals surface area contributed by atoms with E-state index in [1.807, 2.05) is 19.9 Å². The van der Waals surface area contributed by atoms with Crippen molar-refractivity contribution in [3.8, 4) is 0 Å². The van der Waals surface area contributed by atoms with Gasteiger partial charge in [0.2, 0.25) is 5.95 Å². The van der Waals surface area contributed by atoms with Crippen molar-refractivity contribution in [2.24, 2.45) is 0 Å². The molecule has 0 aliphatic carbocycles. The Labute approximate surface area is 120 Å². The maximum atomic E-state index is 12.2. The molecule has 1 N–H and O–H groups in total. The quantitative estimate of drug-likeness (QED) is 0.917. The molecule has 1 aliphatic heterocycles. The van der Waals surface area contributed by atoms with Gasteiger partial charge < -0.3 is 10.2 Å². The highest BCUT2D eigenvalue weighted by Crippen LogP contribution is 2.20. The normalized spacial score (nSPS) is 15.2. The molecule has 1 aliphatic rings. The molecule has 0 unspecified atom stereocenters. The lowest BCUT2D eigenvalue weighted by molar-refractivity contribution is 0.0938. The van der Waals surface area contributed by atoms with Crippen LogP contribution in [0.1, 0.15) is 62.6 Å². The number of nitrogens with one attached hydrogen (secondary N) is 1. The first-order valence-corrected chi connectivity index (χ1v) is 7.42. The second kappa shape index (κ2) is 6.20. The minimum Gasteiger partial charge on any atom is -0.349 e. The molecule has 0 bridgehead atoms. The molecule has 1 amide bonds. The van der Waals surface area contributed by atoms with Gasteiger partial charge in [-0.25, -0.2) is 9.97 Å². The summed E-state index contributed by atoms with van der Waals surface area (Å²) in [4.78, 5) is 23.4. The monoisotopic (exact) mass is 276 g/mol. The molecule has 0 aromatic carbocycles. The van der Waals surface area contributed by atoms with E-state index in [1.54, 1.807) is 0 Å². The molecular weight excluding hydrogens is 252 g/mol. The number of rotatable bonds is 4. The Kier molecular flexibility index (Phi) is 4.57. The van der Waals surface area contributed by atoms with E-state index in [0.29, 0.717) is 11.6 Å². The molecule has 2 rings (SSSR count). The van der Waals surface area contributed by atoms with Crippen LogP contribution in [0.5, 0.6) is 0 Å². The fraction of sp³-hybridized carbons (Fsp3) is 0.667.